The van der Waals surface area contributed by atoms with E-state index < -0.39 is 0 Å². The van der Waals surface area contributed by atoms with Crippen molar-refractivity contribution in [2.75, 3.05) is 31.5 Å². The second-order valence-electron chi connectivity index (χ2n) is 7.73. The summed E-state index contributed by atoms with van der Waals surface area (Å²) in [6.07, 6.45) is 8.15. The highest BCUT2D eigenvalue weighted by molar-refractivity contribution is 5.95. The van der Waals surface area contributed by atoms with E-state index in [0.29, 0.717) is 18.9 Å². The highest BCUT2D eigenvalue weighted by Crippen LogP contribution is 2.18. The number of aryl methyl sites for hydroxylation is 1. The summed E-state index contributed by atoms with van der Waals surface area (Å²) in [6, 6.07) is 9.61. The molecule has 0 aliphatic heterocycles. The van der Waals surface area contributed by atoms with Crippen LogP contribution >= 0.6 is 0 Å². The molecule has 4 rings (SSSR count). The Bertz CT molecular complexity index is 976. The van der Waals surface area contributed by atoms with Gasteiger partial charge in [0.05, 0.1) is 12.6 Å². The molecule has 1 amide bonds. The van der Waals surface area contributed by atoms with Crippen molar-refractivity contribution in [3.8, 4) is 0 Å². The van der Waals surface area contributed by atoms with Gasteiger partial charge in [-0.2, -0.15) is 0 Å². The molecule has 0 saturated heterocycles. The van der Waals surface area contributed by atoms with Gasteiger partial charge in [0.15, 0.2) is 6.67 Å². The number of pyridine rings is 1. The molecule has 2 aromatic heterocycles. The van der Waals surface area contributed by atoms with Crippen molar-refractivity contribution in [3.05, 3.63) is 48.7 Å². The smallest absolute Gasteiger partial charge is 0.269 e. The molecule has 0 bridgehead atoms. The van der Waals surface area contributed by atoms with Crippen LogP contribution in [0.4, 0.5) is 5.69 Å². The van der Waals surface area contributed by atoms with Crippen molar-refractivity contribution in [2.24, 2.45) is 7.05 Å². The molecule has 8 nitrogen and oxygen atoms in total. The Hall–Kier alpha value is -3.00. The van der Waals surface area contributed by atoms with Gasteiger partial charge < -0.3 is 15.5 Å². The number of hydrogen-bond donors (Lipinski definition) is 2. The summed E-state index contributed by atoms with van der Waals surface area (Å²) in [5.74, 6) is -0.136. The molecule has 31 heavy (non-hydrogen) atoms. The van der Waals surface area contributed by atoms with Crippen molar-refractivity contribution >= 4 is 22.5 Å². The molecule has 0 spiro atoms. The molecule has 1 saturated carbocycles. The molecule has 3 aromatic rings. The zero-order valence-electron chi connectivity index (χ0n) is 18.8. The number of benzene rings is 1. The zero-order valence-corrected chi connectivity index (χ0v) is 18.8. The molecule has 8 heteroatoms. The van der Waals surface area contributed by atoms with E-state index in [1.54, 1.807) is 12.4 Å². The number of rotatable bonds is 9. The number of amides is 1. The molecule has 1 fully saturated rings. The topological polar surface area (TPSA) is 79.0 Å². The number of hydrogen-bond acceptors (Lipinski definition) is 5. The number of likely N-dealkylation sites (N-methyl/N-ethyl adjacent to an activating group) is 1. The van der Waals surface area contributed by atoms with E-state index in [1.165, 1.54) is 19.3 Å². The quantitative estimate of drug-likeness (QED) is 0.516. The van der Waals surface area contributed by atoms with E-state index in [2.05, 4.69) is 39.5 Å². The Labute approximate surface area is 184 Å². The fourth-order valence-electron chi connectivity index (χ4n) is 2.99. The average molecular weight is 425 g/mol. The SMILES string of the molecule is C1CC1.CCN(CC)CCNC(=O)c1ccc2cc(NCn3c[n+](C)cn3)ccc2n1. The number of carbonyl (C=O) groups is 1. The van der Waals surface area contributed by atoms with E-state index in [0.717, 1.165) is 36.2 Å². The van der Waals surface area contributed by atoms with Gasteiger partial charge in [0, 0.05) is 29.3 Å². The normalized spacial score (nSPS) is 12.4. The first-order valence-electron chi connectivity index (χ1n) is 11.1. The summed E-state index contributed by atoms with van der Waals surface area (Å²) >= 11 is 0. The summed E-state index contributed by atoms with van der Waals surface area (Å²) < 4.78 is 3.70. The minimum Gasteiger partial charge on any atom is -0.353 e. The summed E-state index contributed by atoms with van der Waals surface area (Å²) in [5.41, 5.74) is 2.22. The summed E-state index contributed by atoms with van der Waals surface area (Å²) in [4.78, 5) is 19.1. The van der Waals surface area contributed by atoms with Gasteiger partial charge in [-0.05, 0) is 37.4 Å². The van der Waals surface area contributed by atoms with E-state index in [-0.39, 0.29) is 5.91 Å². The third kappa shape index (κ3) is 7.32. The van der Waals surface area contributed by atoms with Crippen LogP contribution in [0.1, 0.15) is 43.6 Å². The predicted octanol–water partition coefficient (Wildman–Crippen LogP) is 2.57. The minimum atomic E-state index is -0.136. The van der Waals surface area contributed by atoms with Crippen molar-refractivity contribution in [2.45, 2.75) is 39.8 Å². The molecule has 0 atom stereocenters. The van der Waals surface area contributed by atoms with Crippen molar-refractivity contribution < 1.29 is 9.36 Å². The number of fused-ring (bicyclic) bond motifs is 1. The Kier molecular flexibility index (Phi) is 8.35. The van der Waals surface area contributed by atoms with Crippen LogP contribution in [0, 0.1) is 0 Å². The first-order valence-corrected chi connectivity index (χ1v) is 11.1. The van der Waals surface area contributed by atoms with Crippen LogP contribution in [0.2, 0.25) is 0 Å². The first kappa shape index (κ1) is 22.7. The Morgan fingerprint density at radius 3 is 2.58 bits per heavy atom. The van der Waals surface area contributed by atoms with Gasteiger partial charge in [-0.1, -0.05) is 43.9 Å². The lowest BCUT2D eigenvalue weighted by Gasteiger charge is -2.17. The largest absolute Gasteiger partial charge is 0.353 e. The number of aromatic nitrogens is 4. The van der Waals surface area contributed by atoms with Gasteiger partial charge in [0.2, 0.25) is 6.33 Å². The maximum absolute atomic E-state index is 12.4. The van der Waals surface area contributed by atoms with E-state index >= 15 is 0 Å². The van der Waals surface area contributed by atoms with Gasteiger partial charge in [0.25, 0.3) is 12.2 Å². The number of nitrogens with zero attached hydrogens (tertiary/aromatic N) is 5. The Morgan fingerprint density at radius 2 is 1.94 bits per heavy atom. The van der Waals surface area contributed by atoms with Crippen molar-refractivity contribution in [1.29, 1.82) is 0 Å². The molecule has 166 valence electrons. The van der Waals surface area contributed by atoms with Gasteiger partial charge in [-0.25, -0.2) is 9.55 Å². The number of nitrogens with one attached hydrogen (secondary N) is 2. The molecule has 0 unspecified atom stereocenters. The maximum atomic E-state index is 12.4. The maximum Gasteiger partial charge on any atom is 0.269 e. The van der Waals surface area contributed by atoms with Crippen LogP contribution in [0.25, 0.3) is 10.9 Å². The lowest BCUT2D eigenvalue weighted by atomic mass is 10.1. The molecule has 0 radical (unpaired) electrons. The van der Waals surface area contributed by atoms with Crippen LogP contribution in [-0.4, -0.2) is 51.8 Å². The molecule has 2 heterocycles. The standard InChI is InChI=1S/C20H27N7O.C3H6/c1-4-26(5-2)11-10-21-20(28)19-8-6-16-12-17(7-9-18(16)24-19)22-13-27-15-25(3)14-23-27;1-2-3-1/h6-9,12,14-15H,4-5,10-11,13H2,1-3H3,(H-,21,22,28);1-3H2/p+1. The molecule has 1 aromatic carbocycles. The Morgan fingerprint density at radius 1 is 1.16 bits per heavy atom. The molecular formula is C23H34N7O+. The minimum absolute atomic E-state index is 0.136. The third-order valence-electron chi connectivity index (χ3n) is 5.03. The summed E-state index contributed by atoms with van der Waals surface area (Å²) in [5, 5.41) is 11.5. The van der Waals surface area contributed by atoms with Gasteiger partial charge in [-0.3, -0.25) is 4.79 Å². The predicted molar refractivity (Wildman–Crippen MR) is 123 cm³/mol. The van der Waals surface area contributed by atoms with Crippen LogP contribution in [-0.2, 0) is 13.7 Å². The molecule has 1 aliphatic carbocycles. The monoisotopic (exact) mass is 424 g/mol. The molecule has 2 N–H and O–H groups in total. The zero-order chi connectivity index (χ0) is 22.1. The van der Waals surface area contributed by atoms with E-state index in [1.807, 2.05) is 46.9 Å². The Balaban J connectivity index is 0.000000834. The second-order valence-corrected chi connectivity index (χ2v) is 7.73. The van der Waals surface area contributed by atoms with Gasteiger partial charge in [0.1, 0.15) is 5.69 Å². The van der Waals surface area contributed by atoms with Gasteiger partial charge >= 0.3 is 0 Å². The van der Waals surface area contributed by atoms with E-state index in [4.69, 9.17) is 0 Å². The highest BCUT2D eigenvalue weighted by atomic mass is 16.1. The lowest BCUT2D eigenvalue weighted by Crippen LogP contribution is -2.35. The molecule has 1 aliphatic rings. The van der Waals surface area contributed by atoms with Crippen LogP contribution in [0.15, 0.2) is 43.0 Å². The molecular weight excluding hydrogens is 390 g/mol. The second kappa shape index (κ2) is 11.4. The third-order valence-corrected chi connectivity index (χ3v) is 5.03. The summed E-state index contributed by atoms with van der Waals surface area (Å²) in [7, 11) is 1.93. The lowest BCUT2D eigenvalue weighted by molar-refractivity contribution is -0.672. The highest BCUT2D eigenvalue weighted by Gasteiger charge is 2.09. The van der Waals surface area contributed by atoms with E-state index in [9.17, 15) is 4.79 Å². The van der Waals surface area contributed by atoms with Crippen LogP contribution in [0.5, 0.6) is 0 Å². The van der Waals surface area contributed by atoms with Crippen LogP contribution in [0.3, 0.4) is 0 Å². The number of anilines is 1. The fraction of sp³-hybridized carbons (Fsp3) is 0.478. The summed E-state index contributed by atoms with van der Waals surface area (Å²) in [6.45, 7) is 8.24. The number of carbonyl (C=O) groups excluding carboxylic acids is 1. The van der Waals surface area contributed by atoms with Crippen molar-refractivity contribution in [1.82, 2.24) is 25.0 Å². The van der Waals surface area contributed by atoms with Crippen molar-refractivity contribution in [3.63, 3.8) is 0 Å². The van der Waals surface area contributed by atoms with Gasteiger partial charge in [-0.15, -0.1) is 0 Å². The average Bonchev–Trinajstić information content (AvgIpc) is 3.62. The van der Waals surface area contributed by atoms with Crippen LogP contribution < -0.4 is 15.2 Å². The first-order chi connectivity index (χ1) is 15.1. The fourth-order valence-corrected chi connectivity index (χ4v) is 2.99.